The maximum atomic E-state index is 6.39. The fourth-order valence-electron chi connectivity index (χ4n) is 2.53. The largest absolute Gasteiger partial charge is 0.397 e. The van der Waals surface area contributed by atoms with E-state index < -0.39 is 0 Å². The standard InChI is InChI=1S/C16H17ClN4/c1-3-14-9(2)11-6-10(7-12(17)16(11)21-14)20-15-8-19-5-4-13(15)18/h4-8,20-21H,3H2,1-2H3,(H2,18,19). The second kappa shape index (κ2) is 5.30. The number of rotatable bonds is 3. The van der Waals surface area contributed by atoms with Gasteiger partial charge < -0.3 is 16.0 Å². The van der Waals surface area contributed by atoms with Crippen LogP contribution in [0.1, 0.15) is 18.2 Å². The molecule has 3 aromatic rings. The number of nitrogens with two attached hydrogens (primary N) is 1. The summed E-state index contributed by atoms with van der Waals surface area (Å²) in [4.78, 5) is 7.47. The van der Waals surface area contributed by atoms with Crippen molar-refractivity contribution >= 4 is 39.6 Å². The predicted molar refractivity (Wildman–Crippen MR) is 89.4 cm³/mol. The van der Waals surface area contributed by atoms with Crippen molar-refractivity contribution in [3.63, 3.8) is 0 Å². The van der Waals surface area contributed by atoms with Crippen molar-refractivity contribution in [2.45, 2.75) is 20.3 Å². The van der Waals surface area contributed by atoms with E-state index in [0.717, 1.165) is 28.7 Å². The molecule has 0 saturated heterocycles. The van der Waals surface area contributed by atoms with Gasteiger partial charge in [-0.05, 0) is 37.1 Å². The number of nitrogens with zero attached hydrogens (tertiary/aromatic N) is 1. The Labute approximate surface area is 128 Å². The fourth-order valence-corrected chi connectivity index (χ4v) is 2.79. The molecule has 21 heavy (non-hydrogen) atoms. The first kappa shape index (κ1) is 13.8. The molecule has 0 saturated carbocycles. The topological polar surface area (TPSA) is 66.7 Å². The molecule has 0 bridgehead atoms. The van der Waals surface area contributed by atoms with Crippen LogP contribution >= 0.6 is 11.6 Å². The predicted octanol–water partition coefficient (Wildman–Crippen LogP) is 4.41. The molecule has 108 valence electrons. The van der Waals surface area contributed by atoms with E-state index in [1.165, 1.54) is 11.3 Å². The van der Waals surface area contributed by atoms with Crippen LogP contribution in [0.15, 0.2) is 30.6 Å². The van der Waals surface area contributed by atoms with E-state index in [1.54, 1.807) is 18.5 Å². The summed E-state index contributed by atoms with van der Waals surface area (Å²) in [6, 6.07) is 5.74. The Morgan fingerprint density at radius 2 is 2.19 bits per heavy atom. The van der Waals surface area contributed by atoms with Gasteiger partial charge >= 0.3 is 0 Å². The highest BCUT2D eigenvalue weighted by atomic mass is 35.5. The summed E-state index contributed by atoms with van der Waals surface area (Å²) in [6.45, 7) is 4.23. The second-order valence-electron chi connectivity index (χ2n) is 5.05. The zero-order valence-corrected chi connectivity index (χ0v) is 12.8. The maximum Gasteiger partial charge on any atom is 0.0804 e. The highest BCUT2D eigenvalue weighted by Crippen LogP contribution is 2.33. The lowest BCUT2D eigenvalue weighted by molar-refractivity contribution is 1.05. The highest BCUT2D eigenvalue weighted by molar-refractivity contribution is 6.35. The highest BCUT2D eigenvalue weighted by Gasteiger charge is 2.11. The Morgan fingerprint density at radius 1 is 1.38 bits per heavy atom. The number of pyridine rings is 1. The number of aromatic amines is 1. The van der Waals surface area contributed by atoms with Crippen LogP contribution in [0.2, 0.25) is 5.02 Å². The van der Waals surface area contributed by atoms with E-state index in [4.69, 9.17) is 17.3 Å². The number of aryl methyl sites for hydroxylation is 2. The zero-order chi connectivity index (χ0) is 15.0. The number of hydrogen-bond acceptors (Lipinski definition) is 3. The normalized spacial score (nSPS) is 11.0. The molecule has 5 heteroatoms. The van der Waals surface area contributed by atoms with Crippen LogP contribution in [0.4, 0.5) is 17.1 Å². The van der Waals surface area contributed by atoms with Crippen molar-refractivity contribution in [3.8, 4) is 0 Å². The quantitative estimate of drug-likeness (QED) is 0.671. The summed E-state index contributed by atoms with van der Waals surface area (Å²) in [7, 11) is 0. The van der Waals surface area contributed by atoms with Crippen LogP contribution in [0.5, 0.6) is 0 Å². The third-order valence-corrected chi connectivity index (χ3v) is 4.01. The molecule has 0 fully saturated rings. The van der Waals surface area contributed by atoms with Crippen molar-refractivity contribution in [2.24, 2.45) is 0 Å². The molecule has 4 nitrogen and oxygen atoms in total. The van der Waals surface area contributed by atoms with Crippen molar-refractivity contribution in [2.75, 3.05) is 11.1 Å². The smallest absolute Gasteiger partial charge is 0.0804 e. The molecule has 0 amide bonds. The first-order valence-electron chi connectivity index (χ1n) is 6.87. The van der Waals surface area contributed by atoms with Crippen molar-refractivity contribution in [1.82, 2.24) is 9.97 Å². The van der Waals surface area contributed by atoms with E-state index in [9.17, 15) is 0 Å². The Balaban J connectivity index is 2.08. The first-order valence-corrected chi connectivity index (χ1v) is 7.25. The summed E-state index contributed by atoms with van der Waals surface area (Å²) >= 11 is 6.39. The minimum absolute atomic E-state index is 0.654. The number of anilines is 3. The summed E-state index contributed by atoms with van der Waals surface area (Å²) in [6.07, 6.45) is 4.32. The van der Waals surface area contributed by atoms with Gasteiger partial charge in [0.2, 0.25) is 0 Å². The molecule has 0 radical (unpaired) electrons. The lowest BCUT2D eigenvalue weighted by Gasteiger charge is -2.09. The summed E-state index contributed by atoms with van der Waals surface area (Å²) in [5.41, 5.74) is 11.7. The summed E-state index contributed by atoms with van der Waals surface area (Å²) in [5.74, 6) is 0. The van der Waals surface area contributed by atoms with Gasteiger partial charge in [-0.1, -0.05) is 18.5 Å². The van der Waals surface area contributed by atoms with Gasteiger partial charge in [0, 0.05) is 23.0 Å². The molecule has 2 aromatic heterocycles. The first-order chi connectivity index (χ1) is 10.1. The van der Waals surface area contributed by atoms with Gasteiger partial charge in [0.05, 0.1) is 28.1 Å². The van der Waals surface area contributed by atoms with Gasteiger partial charge in [-0.2, -0.15) is 0 Å². The number of halogens is 1. The average molecular weight is 301 g/mol. The molecule has 0 unspecified atom stereocenters. The van der Waals surface area contributed by atoms with Gasteiger partial charge in [-0.3, -0.25) is 4.98 Å². The summed E-state index contributed by atoms with van der Waals surface area (Å²) in [5, 5.41) is 5.10. The Bertz CT molecular complexity index is 807. The molecule has 0 aliphatic heterocycles. The Kier molecular flexibility index (Phi) is 3.47. The average Bonchev–Trinajstić information content (AvgIpc) is 2.79. The van der Waals surface area contributed by atoms with Crippen LogP contribution in [0.25, 0.3) is 10.9 Å². The van der Waals surface area contributed by atoms with Crippen LogP contribution < -0.4 is 11.1 Å². The molecule has 0 spiro atoms. The van der Waals surface area contributed by atoms with Crippen LogP contribution in [0, 0.1) is 6.92 Å². The van der Waals surface area contributed by atoms with Crippen LogP contribution in [0.3, 0.4) is 0 Å². The van der Waals surface area contributed by atoms with E-state index in [-0.39, 0.29) is 0 Å². The summed E-state index contributed by atoms with van der Waals surface area (Å²) < 4.78 is 0. The lowest BCUT2D eigenvalue weighted by Crippen LogP contribution is -1.96. The van der Waals surface area contributed by atoms with E-state index in [1.807, 2.05) is 6.07 Å². The van der Waals surface area contributed by atoms with E-state index >= 15 is 0 Å². The molecule has 0 aliphatic carbocycles. The molecular weight excluding hydrogens is 284 g/mol. The number of aromatic nitrogens is 2. The monoisotopic (exact) mass is 300 g/mol. The maximum absolute atomic E-state index is 6.39. The van der Waals surface area contributed by atoms with E-state index in [2.05, 4.69) is 35.2 Å². The van der Waals surface area contributed by atoms with Gasteiger partial charge in [0.15, 0.2) is 0 Å². The third kappa shape index (κ3) is 2.43. The molecule has 0 aliphatic rings. The third-order valence-electron chi connectivity index (χ3n) is 3.71. The minimum Gasteiger partial charge on any atom is -0.397 e. The van der Waals surface area contributed by atoms with E-state index in [0.29, 0.717) is 10.7 Å². The number of H-pyrrole nitrogens is 1. The number of fused-ring (bicyclic) bond motifs is 1. The fraction of sp³-hybridized carbons (Fsp3) is 0.188. The minimum atomic E-state index is 0.654. The zero-order valence-electron chi connectivity index (χ0n) is 12.0. The van der Waals surface area contributed by atoms with Crippen LogP contribution in [-0.2, 0) is 6.42 Å². The number of nitrogen functional groups attached to an aromatic ring is 1. The SMILES string of the molecule is CCc1[nH]c2c(Cl)cc(Nc3cnccc3N)cc2c1C. The van der Waals surface area contributed by atoms with Gasteiger partial charge in [0.1, 0.15) is 0 Å². The van der Waals surface area contributed by atoms with Gasteiger partial charge in [-0.25, -0.2) is 0 Å². The molecule has 2 heterocycles. The van der Waals surface area contributed by atoms with Crippen molar-refractivity contribution in [1.29, 1.82) is 0 Å². The second-order valence-corrected chi connectivity index (χ2v) is 5.46. The van der Waals surface area contributed by atoms with Gasteiger partial charge in [-0.15, -0.1) is 0 Å². The molecular formula is C16H17ClN4. The molecule has 1 aromatic carbocycles. The molecule has 4 N–H and O–H groups in total. The van der Waals surface area contributed by atoms with Crippen molar-refractivity contribution < 1.29 is 0 Å². The number of benzene rings is 1. The Hall–Kier alpha value is -2.20. The Morgan fingerprint density at radius 3 is 2.90 bits per heavy atom. The number of nitrogens with one attached hydrogen (secondary N) is 2. The lowest BCUT2D eigenvalue weighted by atomic mass is 10.1. The van der Waals surface area contributed by atoms with Gasteiger partial charge in [0.25, 0.3) is 0 Å². The number of hydrogen-bond donors (Lipinski definition) is 3. The van der Waals surface area contributed by atoms with Crippen LogP contribution in [-0.4, -0.2) is 9.97 Å². The van der Waals surface area contributed by atoms with Crippen molar-refractivity contribution in [3.05, 3.63) is 46.9 Å². The molecule has 0 atom stereocenters. The molecule has 3 rings (SSSR count).